The summed E-state index contributed by atoms with van der Waals surface area (Å²) in [5.41, 5.74) is 0.803. The lowest BCUT2D eigenvalue weighted by Gasteiger charge is -2.19. The van der Waals surface area contributed by atoms with Gasteiger partial charge in [0.15, 0.2) is 15.6 Å². The highest BCUT2D eigenvalue weighted by Gasteiger charge is 2.35. The van der Waals surface area contributed by atoms with Crippen LogP contribution in [0.1, 0.15) is 46.7 Å². The average molecular weight is 406 g/mol. The molecule has 0 atom stereocenters. The van der Waals surface area contributed by atoms with Gasteiger partial charge in [0.05, 0.1) is 16.9 Å². The summed E-state index contributed by atoms with van der Waals surface area (Å²) in [6.07, 6.45) is -4.88. The van der Waals surface area contributed by atoms with Gasteiger partial charge in [-0.15, -0.1) is 10.2 Å². The van der Waals surface area contributed by atoms with E-state index in [2.05, 4.69) is 10.2 Å². The molecule has 2 rings (SSSR count). The molecule has 0 unspecified atom stereocenters. The monoisotopic (exact) mass is 406 g/mol. The van der Waals surface area contributed by atoms with Crippen molar-refractivity contribution >= 4 is 27.0 Å². The molecule has 5 nitrogen and oxygen atoms in total. The number of carbonyl (C=O) groups excluding carboxylic acids is 1. The highest BCUT2D eigenvalue weighted by molar-refractivity contribution is 7.91. The van der Waals surface area contributed by atoms with Crippen molar-refractivity contribution in [2.45, 2.75) is 43.9 Å². The summed E-state index contributed by atoms with van der Waals surface area (Å²) in [5, 5.41) is 5.31. The number of rotatable bonds is 5. The second kappa shape index (κ2) is 7.07. The van der Waals surface area contributed by atoms with Crippen LogP contribution in [0.5, 0.6) is 0 Å². The molecule has 0 aliphatic heterocycles. The minimum absolute atomic E-state index is 0.0262. The van der Waals surface area contributed by atoms with Gasteiger partial charge >= 0.3 is 6.18 Å². The first kappa shape index (κ1) is 20.5. The quantitative estimate of drug-likeness (QED) is 0.708. The molecule has 26 heavy (non-hydrogen) atoms. The number of nitrogens with zero attached hydrogens (tertiary/aromatic N) is 2. The van der Waals surface area contributed by atoms with Crippen LogP contribution in [-0.2, 0) is 28.2 Å². The molecular weight excluding hydrogens is 389 g/mol. The van der Waals surface area contributed by atoms with Gasteiger partial charge in [-0.25, -0.2) is 8.42 Å². The normalized spacial score (nSPS) is 13.0. The van der Waals surface area contributed by atoms with E-state index in [0.29, 0.717) is 16.9 Å². The maximum absolute atomic E-state index is 12.5. The molecule has 0 spiro atoms. The number of Topliss-reactive ketones (excluding diaryl/α,β-unsaturated/α-hetero) is 1. The van der Waals surface area contributed by atoms with Gasteiger partial charge in [0.2, 0.25) is 5.01 Å². The molecule has 0 saturated heterocycles. The van der Waals surface area contributed by atoms with E-state index in [-0.39, 0.29) is 22.7 Å². The van der Waals surface area contributed by atoms with Gasteiger partial charge in [-0.2, -0.15) is 13.2 Å². The number of ketones is 1. The maximum Gasteiger partial charge on any atom is 0.445 e. The first-order valence-corrected chi connectivity index (χ1v) is 10.0. The molecule has 142 valence electrons. The first-order valence-electron chi connectivity index (χ1n) is 7.53. The molecule has 1 aromatic heterocycles. The minimum Gasteiger partial charge on any atom is -0.294 e. The number of aromatic nitrogens is 2. The van der Waals surface area contributed by atoms with Gasteiger partial charge in [-0.1, -0.05) is 35.6 Å². The Labute approximate surface area is 153 Å². The molecule has 0 N–H and O–H groups in total. The molecule has 0 bridgehead atoms. The van der Waals surface area contributed by atoms with Crippen LogP contribution in [0.25, 0.3) is 0 Å². The van der Waals surface area contributed by atoms with E-state index < -0.39 is 31.6 Å². The van der Waals surface area contributed by atoms with Crippen molar-refractivity contribution in [3.8, 4) is 0 Å². The SMILES string of the molecule is CC(C)(C)S(=O)(=O)Cc1ccc(C(=O)Cc2nnc(C(F)(F)F)s2)cc1. The Balaban J connectivity index is 2.08. The molecule has 1 heterocycles. The fraction of sp³-hybridized carbons (Fsp3) is 0.438. The Hall–Kier alpha value is -1.81. The Kier molecular flexibility index (Phi) is 5.57. The second-order valence-corrected chi connectivity index (χ2v) is 10.5. The largest absolute Gasteiger partial charge is 0.445 e. The molecule has 0 aliphatic rings. The number of benzene rings is 1. The van der Waals surface area contributed by atoms with Crippen LogP contribution in [0.4, 0.5) is 13.2 Å². The number of alkyl halides is 3. The topological polar surface area (TPSA) is 77.0 Å². The standard InChI is InChI=1S/C16H17F3N2O3S2/c1-15(2,3)26(23,24)9-10-4-6-11(7-5-10)12(22)8-13-20-21-14(25-13)16(17,18)19/h4-7H,8-9H2,1-3H3. The molecule has 0 fully saturated rings. The lowest BCUT2D eigenvalue weighted by Crippen LogP contribution is -2.29. The highest BCUT2D eigenvalue weighted by Crippen LogP contribution is 2.31. The maximum atomic E-state index is 12.5. The summed E-state index contributed by atoms with van der Waals surface area (Å²) in [7, 11) is -3.35. The van der Waals surface area contributed by atoms with Crippen molar-refractivity contribution in [2.75, 3.05) is 0 Å². The van der Waals surface area contributed by atoms with E-state index in [4.69, 9.17) is 0 Å². The number of halogens is 3. The predicted octanol–water partition coefficient (Wildman–Crippen LogP) is 3.70. The van der Waals surface area contributed by atoms with E-state index >= 15 is 0 Å². The van der Waals surface area contributed by atoms with Gasteiger partial charge in [0.1, 0.15) is 5.01 Å². The number of hydrogen-bond donors (Lipinski definition) is 0. The fourth-order valence-electron chi connectivity index (χ4n) is 1.90. The number of hydrogen-bond acceptors (Lipinski definition) is 6. The molecule has 1 aromatic carbocycles. The number of sulfone groups is 1. The van der Waals surface area contributed by atoms with Gasteiger partial charge in [-0.05, 0) is 26.3 Å². The summed E-state index contributed by atoms with van der Waals surface area (Å²) in [4.78, 5) is 12.2. The van der Waals surface area contributed by atoms with Gasteiger partial charge in [0, 0.05) is 5.56 Å². The molecule has 0 aliphatic carbocycles. The highest BCUT2D eigenvalue weighted by atomic mass is 32.2. The Bertz CT molecular complexity index is 896. The van der Waals surface area contributed by atoms with Crippen molar-refractivity contribution in [1.29, 1.82) is 0 Å². The van der Waals surface area contributed by atoms with E-state index in [1.165, 1.54) is 24.3 Å². The summed E-state index contributed by atoms with van der Waals surface area (Å²) in [6.45, 7) is 4.83. The molecular formula is C16H17F3N2O3S2. The van der Waals surface area contributed by atoms with Crippen LogP contribution in [0, 0.1) is 0 Å². The Morgan fingerprint density at radius 1 is 1.08 bits per heavy atom. The van der Waals surface area contributed by atoms with Crippen molar-refractivity contribution in [1.82, 2.24) is 10.2 Å². The van der Waals surface area contributed by atoms with Crippen molar-refractivity contribution < 1.29 is 26.4 Å². The van der Waals surface area contributed by atoms with Crippen molar-refractivity contribution in [3.63, 3.8) is 0 Å². The van der Waals surface area contributed by atoms with Gasteiger partial charge < -0.3 is 0 Å². The zero-order chi connectivity index (χ0) is 19.8. The third-order valence-electron chi connectivity index (χ3n) is 3.59. The second-order valence-electron chi connectivity index (χ2n) is 6.67. The minimum atomic E-state index is -4.58. The molecule has 2 aromatic rings. The molecule has 0 saturated carbocycles. The third kappa shape index (κ3) is 4.88. The lowest BCUT2D eigenvalue weighted by molar-refractivity contribution is -0.138. The number of carbonyl (C=O) groups is 1. The van der Waals surface area contributed by atoms with Crippen molar-refractivity contribution in [2.24, 2.45) is 0 Å². The Morgan fingerprint density at radius 3 is 2.12 bits per heavy atom. The van der Waals surface area contributed by atoms with E-state index in [1.807, 2.05) is 0 Å². The zero-order valence-corrected chi connectivity index (χ0v) is 15.9. The third-order valence-corrected chi connectivity index (χ3v) is 7.13. The smallest absolute Gasteiger partial charge is 0.294 e. The predicted molar refractivity (Wildman–Crippen MR) is 91.8 cm³/mol. The summed E-state index contributed by atoms with van der Waals surface area (Å²) >= 11 is 0.329. The van der Waals surface area contributed by atoms with Crippen LogP contribution in [0.2, 0.25) is 0 Å². The van der Waals surface area contributed by atoms with Crippen LogP contribution in [-0.4, -0.2) is 29.1 Å². The molecule has 10 heteroatoms. The van der Waals surface area contributed by atoms with Crippen LogP contribution in [0.15, 0.2) is 24.3 Å². The van der Waals surface area contributed by atoms with Crippen LogP contribution < -0.4 is 0 Å². The zero-order valence-electron chi connectivity index (χ0n) is 14.3. The lowest BCUT2D eigenvalue weighted by atomic mass is 10.1. The van der Waals surface area contributed by atoms with E-state index in [1.54, 1.807) is 20.8 Å². The Morgan fingerprint density at radius 2 is 1.65 bits per heavy atom. The van der Waals surface area contributed by atoms with E-state index in [9.17, 15) is 26.4 Å². The van der Waals surface area contributed by atoms with Crippen molar-refractivity contribution in [3.05, 3.63) is 45.4 Å². The van der Waals surface area contributed by atoms with Crippen LogP contribution in [0.3, 0.4) is 0 Å². The van der Waals surface area contributed by atoms with E-state index in [0.717, 1.165) is 0 Å². The average Bonchev–Trinajstić information content (AvgIpc) is 2.95. The summed E-state index contributed by atoms with van der Waals surface area (Å²) in [6, 6.07) is 5.97. The van der Waals surface area contributed by atoms with Gasteiger partial charge in [-0.3, -0.25) is 4.79 Å². The fourth-order valence-corrected chi connectivity index (χ4v) is 3.67. The summed E-state index contributed by atoms with van der Waals surface area (Å²) in [5.74, 6) is -0.573. The first-order chi connectivity index (χ1) is 11.8. The van der Waals surface area contributed by atoms with Crippen LogP contribution >= 0.6 is 11.3 Å². The van der Waals surface area contributed by atoms with Gasteiger partial charge in [0.25, 0.3) is 0 Å². The molecule has 0 radical (unpaired) electrons. The summed E-state index contributed by atoms with van der Waals surface area (Å²) < 4.78 is 61.0. The molecule has 0 amide bonds.